The molecular formula is C27H25N5O2S. The third-order valence-electron chi connectivity index (χ3n) is 5.07. The van der Waals surface area contributed by atoms with Gasteiger partial charge in [0, 0.05) is 29.9 Å². The Kier molecular flexibility index (Phi) is 8.04. The molecule has 1 amide bonds. The minimum Gasteiger partial charge on any atom is -0.439 e. The summed E-state index contributed by atoms with van der Waals surface area (Å²) < 4.78 is 6.07. The summed E-state index contributed by atoms with van der Waals surface area (Å²) in [5, 5.41) is 17.3. The molecule has 2 heterocycles. The number of amides is 1. The Labute approximate surface area is 208 Å². The van der Waals surface area contributed by atoms with Crippen molar-refractivity contribution in [2.24, 2.45) is 0 Å². The van der Waals surface area contributed by atoms with E-state index >= 15 is 0 Å². The van der Waals surface area contributed by atoms with Crippen molar-refractivity contribution in [2.45, 2.75) is 32.6 Å². The van der Waals surface area contributed by atoms with Gasteiger partial charge in [0.25, 0.3) is 0 Å². The zero-order valence-electron chi connectivity index (χ0n) is 19.3. The summed E-state index contributed by atoms with van der Waals surface area (Å²) in [4.78, 5) is 22.3. The van der Waals surface area contributed by atoms with Gasteiger partial charge in [-0.1, -0.05) is 38.0 Å². The fourth-order valence-electron chi connectivity index (χ4n) is 3.40. The predicted octanol–water partition coefficient (Wildman–Crippen LogP) is 7.13. The van der Waals surface area contributed by atoms with Gasteiger partial charge < -0.3 is 15.4 Å². The van der Waals surface area contributed by atoms with Gasteiger partial charge in [-0.05, 0) is 48.2 Å². The van der Waals surface area contributed by atoms with Crippen LogP contribution in [0.25, 0.3) is 10.6 Å². The number of ether oxygens (including phenoxy) is 1. The molecule has 35 heavy (non-hydrogen) atoms. The lowest BCUT2D eigenvalue weighted by atomic mass is 10.2. The first-order valence-electron chi connectivity index (χ1n) is 11.4. The molecule has 0 fully saturated rings. The molecule has 0 saturated heterocycles. The van der Waals surface area contributed by atoms with Gasteiger partial charge in [-0.3, -0.25) is 4.79 Å². The van der Waals surface area contributed by atoms with Crippen molar-refractivity contribution in [3.05, 3.63) is 77.7 Å². The lowest BCUT2D eigenvalue weighted by Gasteiger charge is -2.11. The van der Waals surface area contributed by atoms with E-state index in [2.05, 4.69) is 33.6 Å². The lowest BCUT2D eigenvalue weighted by Crippen LogP contribution is -2.10. The number of nitrogens with zero attached hydrogens (tertiary/aromatic N) is 3. The summed E-state index contributed by atoms with van der Waals surface area (Å²) in [6.45, 7) is 2.11. The fourth-order valence-corrected chi connectivity index (χ4v) is 4.08. The third-order valence-corrected chi connectivity index (χ3v) is 5.96. The Balaban J connectivity index is 1.56. The number of benzene rings is 2. The average molecular weight is 484 g/mol. The van der Waals surface area contributed by atoms with Crippen molar-refractivity contribution in [2.75, 3.05) is 10.6 Å². The fraction of sp³-hybridized carbons (Fsp3) is 0.185. The predicted molar refractivity (Wildman–Crippen MR) is 139 cm³/mol. The minimum atomic E-state index is -0.0105. The van der Waals surface area contributed by atoms with E-state index in [0.29, 0.717) is 46.6 Å². The molecule has 7 nitrogen and oxygen atoms in total. The van der Waals surface area contributed by atoms with Crippen molar-refractivity contribution in [1.82, 2.24) is 9.97 Å². The van der Waals surface area contributed by atoms with Crippen LogP contribution in [0.15, 0.2) is 72.1 Å². The van der Waals surface area contributed by atoms with Crippen LogP contribution >= 0.6 is 11.3 Å². The van der Waals surface area contributed by atoms with Crippen molar-refractivity contribution < 1.29 is 9.53 Å². The van der Waals surface area contributed by atoms with Crippen molar-refractivity contribution in [1.29, 1.82) is 5.26 Å². The summed E-state index contributed by atoms with van der Waals surface area (Å²) in [5.41, 5.74) is 2.62. The van der Waals surface area contributed by atoms with Crippen LogP contribution in [0, 0.1) is 11.3 Å². The molecule has 4 aromatic rings. The van der Waals surface area contributed by atoms with Crippen LogP contribution < -0.4 is 15.4 Å². The van der Waals surface area contributed by atoms with Crippen LogP contribution in [0.5, 0.6) is 11.6 Å². The van der Waals surface area contributed by atoms with E-state index in [0.717, 1.165) is 24.1 Å². The average Bonchev–Trinajstić information content (AvgIpc) is 3.40. The second-order valence-corrected chi connectivity index (χ2v) is 8.79. The number of aromatic nitrogens is 2. The molecule has 2 N–H and O–H groups in total. The number of nitrogens with one attached hydrogen (secondary N) is 2. The number of unbranched alkanes of at least 4 members (excludes halogenated alkanes) is 2. The zero-order chi connectivity index (χ0) is 24.5. The van der Waals surface area contributed by atoms with E-state index in [4.69, 9.17) is 4.74 Å². The minimum absolute atomic E-state index is 0.0105. The Morgan fingerprint density at radius 1 is 1.03 bits per heavy atom. The highest BCUT2D eigenvalue weighted by Crippen LogP contribution is 2.30. The van der Waals surface area contributed by atoms with Gasteiger partial charge in [-0.2, -0.15) is 10.2 Å². The summed E-state index contributed by atoms with van der Waals surface area (Å²) >= 11 is 1.57. The Morgan fingerprint density at radius 3 is 2.69 bits per heavy atom. The number of thiophene rings is 1. The third kappa shape index (κ3) is 6.88. The molecule has 2 aromatic heterocycles. The summed E-state index contributed by atoms with van der Waals surface area (Å²) in [5.74, 6) is 1.24. The quantitative estimate of drug-likeness (QED) is 0.233. The van der Waals surface area contributed by atoms with Crippen LogP contribution in [-0.4, -0.2) is 15.9 Å². The largest absolute Gasteiger partial charge is 0.439 e. The summed E-state index contributed by atoms with van der Waals surface area (Å²) in [6.07, 6.45) is 3.48. The Morgan fingerprint density at radius 2 is 1.89 bits per heavy atom. The Hall–Kier alpha value is -4.22. The van der Waals surface area contributed by atoms with Gasteiger partial charge >= 0.3 is 0 Å². The number of carbonyl (C=O) groups is 1. The first kappa shape index (κ1) is 23.9. The monoisotopic (exact) mass is 483 g/mol. The Bertz CT molecular complexity index is 1330. The second kappa shape index (κ2) is 11.8. The molecule has 2 aromatic carbocycles. The molecular weight excluding hydrogens is 458 g/mol. The molecule has 0 spiro atoms. The number of nitriles is 1. The smallest absolute Gasteiger partial charge is 0.231 e. The summed E-state index contributed by atoms with van der Waals surface area (Å²) in [7, 11) is 0. The number of rotatable bonds is 10. The van der Waals surface area contributed by atoms with Gasteiger partial charge in [0.1, 0.15) is 5.75 Å². The topological polar surface area (TPSA) is 99.9 Å². The molecule has 8 heteroatoms. The van der Waals surface area contributed by atoms with Crippen LogP contribution in [0.3, 0.4) is 0 Å². The van der Waals surface area contributed by atoms with E-state index in [-0.39, 0.29) is 5.91 Å². The van der Waals surface area contributed by atoms with E-state index in [1.54, 1.807) is 41.7 Å². The van der Waals surface area contributed by atoms with Gasteiger partial charge in [-0.15, -0.1) is 11.3 Å². The van der Waals surface area contributed by atoms with Gasteiger partial charge in [0.05, 0.1) is 22.2 Å². The maximum absolute atomic E-state index is 12.2. The molecule has 176 valence electrons. The van der Waals surface area contributed by atoms with Gasteiger partial charge in [0.2, 0.25) is 17.7 Å². The van der Waals surface area contributed by atoms with E-state index in [9.17, 15) is 10.1 Å². The highest BCUT2D eigenvalue weighted by atomic mass is 32.1. The standard InChI is InChI=1S/C27H25N5O2S/c1-2-3-4-13-25(33)29-21-10-6-11-22(16-21)34-26-17-23(24-12-7-14-35-24)31-27(32-26)30-20-9-5-8-19(15-20)18-28/h5-12,14-17H,2-4,13H2,1H3,(H,29,33)(H,30,31,32). The van der Waals surface area contributed by atoms with Crippen molar-refractivity contribution >= 4 is 34.6 Å². The molecule has 0 aliphatic carbocycles. The molecule has 0 atom stereocenters. The lowest BCUT2D eigenvalue weighted by molar-refractivity contribution is -0.116. The number of hydrogen-bond donors (Lipinski definition) is 2. The molecule has 0 unspecified atom stereocenters. The number of anilines is 3. The van der Waals surface area contributed by atoms with E-state index < -0.39 is 0 Å². The van der Waals surface area contributed by atoms with Crippen LogP contribution in [0.4, 0.5) is 17.3 Å². The van der Waals surface area contributed by atoms with Crippen molar-refractivity contribution in [3.8, 4) is 28.3 Å². The molecule has 0 radical (unpaired) electrons. The van der Waals surface area contributed by atoms with Gasteiger partial charge in [-0.25, -0.2) is 4.98 Å². The van der Waals surface area contributed by atoms with E-state index in [1.165, 1.54) is 0 Å². The number of carbonyl (C=O) groups excluding carboxylic acids is 1. The van der Waals surface area contributed by atoms with E-state index in [1.807, 2.05) is 41.8 Å². The normalized spacial score (nSPS) is 10.4. The molecule has 0 bridgehead atoms. The highest BCUT2D eigenvalue weighted by molar-refractivity contribution is 7.13. The first-order chi connectivity index (χ1) is 17.1. The SMILES string of the molecule is CCCCCC(=O)Nc1cccc(Oc2cc(-c3cccs3)nc(Nc3cccc(C#N)c3)n2)c1. The highest BCUT2D eigenvalue weighted by Gasteiger charge is 2.11. The maximum atomic E-state index is 12.2. The van der Waals surface area contributed by atoms with Crippen LogP contribution in [-0.2, 0) is 4.79 Å². The first-order valence-corrected chi connectivity index (χ1v) is 12.3. The number of hydrogen-bond acceptors (Lipinski definition) is 7. The zero-order valence-corrected chi connectivity index (χ0v) is 20.1. The van der Waals surface area contributed by atoms with Crippen LogP contribution in [0.2, 0.25) is 0 Å². The molecule has 0 saturated carbocycles. The molecule has 0 aliphatic rings. The van der Waals surface area contributed by atoms with Crippen LogP contribution in [0.1, 0.15) is 38.2 Å². The molecule has 4 rings (SSSR count). The second-order valence-electron chi connectivity index (χ2n) is 7.85. The molecule has 0 aliphatic heterocycles. The maximum Gasteiger partial charge on any atom is 0.231 e. The summed E-state index contributed by atoms with van der Waals surface area (Å²) in [6, 6.07) is 22.2. The van der Waals surface area contributed by atoms with Crippen molar-refractivity contribution in [3.63, 3.8) is 0 Å². The van der Waals surface area contributed by atoms with Gasteiger partial charge in [0.15, 0.2) is 0 Å².